The summed E-state index contributed by atoms with van der Waals surface area (Å²) in [5, 5.41) is 8.64. The third-order valence-electron chi connectivity index (χ3n) is 7.82. The quantitative estimate of drug-likeness (QED) is 0.305. The summed E-state index contributed by atoms with van der Waals surface area (Å²) in [7, 11) is -3.83. The lowest BCUT2D eigenvalue weighted by molar-refractivity contribution is -0.117. The van der Waals surface area contributed by atoms with Crippen LogP contribution in [-0.2, 0) is 14.8 Å². The molecule has 2 aliphatic rings. The zero-order valence-electron chi connectivity index (χ0n) is 21.7. The third kappa shape index (κ3) is 5.51. The van der Waals surface area contributed by atoms with Crippen LogP contribution in [0.25, 0.3) is 10.8 Å². The number of fused-ring (bicyclic) bond motifs is 1. The van der Waals surface area contributed by atoms with Crippen LogP contribution < -0.4 is 15.4 Å². The fourth-order valence-corrected chi connectivity index (χ4v) is 6.38. The number of nitrogens with zero attached hydrogens (tertiary/aromatic N) is 2. The van der Waals surface area contributed by atoms with E-state index in [1.54, 1.807) is 36.7 Å². The van der Waals surface area contributed by atoms with Crippen molar-refractivity contribution in [1.29, 1.82) is 0 Å². The SMILES string of the molecule is Cc1cccc2ccc(NC(=O)[C@@H]3C[C@H]3c3ccc(S(=O)(=O)Nc4ncc(C5CCNCC5)cn4)cc3)cc12. The number of aromatic nitrogens is 2. The maximum absolute atomic E-state index is 12.9. The standard InChI is InChI=1S/C30H31N5O3S/c1-19-3-2-4-21-5-8-24(15-26(19)21)34-29(36)28-16-27(28)22-6-9-25(10-7-22)39(37,38)35-30-32-17-23(18-33-30)20-11-13-31-14-12-20/h2-10,15,17-18,20,27-28,31H,11-14,16H2,1H3,(H,34,36)(H,32,33,35)/t27-,28+/m0/s1. The van der Waals surface area contributed by atoms with Gasteiger partial charge < -0.3 is 10.6 Å². The Hall–Kier alpha value is -3.82. The first-order valence-electron chi connectivity index (χ1n) is 13.3. The molecule has 2 atom stereocenters. The highest BCUT2D eigenvalue weighted by Crippen LogP contribution is 2.48. The molecular formula is C30H31N5O3S. The molecule has 0 bridgehead atoms. The molecule has 1 amide bonds. The van der Waals surface area contributed by atoms with Gasteiger partial charge in [-0.05, 0) is 103 Å². The zero-order chi connectivity index (χ0) is 27.0. The predicted octanol–water partition coefficient (Wildman–Crippen LogP) is 4.95. The van der Waals surface area contributed by atoms with Crippen molar-refractivity contribution in [2.24, 2.45) is 5.92 Å². The minimum atomic E-state index is -3.83. The fourth-order valence-electron chi connectivity index (χ4n) is 5.42. The first-order chi connectivity index (χ1) is 18.9. The highest BCUT2D eigenvalue weighted by molar-refractivity contribution is 7.92. The molecule has 1 aromatic heterocycles. The van der Waals surface area contributed by atoms with Gasteiger partial charge in [-0.2, -0.15) is 0 Å². The molecule has 4 aromatic rings. The molecule has 3 N–H and O–H groups in total. The second kappa shape index (κ2) is 10.4. The van der Waals surface area contributed by atoms with E-state index < -0.39 is 10.0 Å². The number of anilines is 2. The van der Waals surface area contributed by atoms with Crippen molar-refractivity contribution in [2.75, 3.05) is 23.1 Å². The number of rotatable bonds is 7. The summed E-state index contributed by atoms with van der Waals surface area (Å²) in [6.07, 6.45) is 6.20. The van der Waals surface area contributed by atoms with Gasteiger partial charge in [0.2, 0.25) is 11.9 Å². The number of amides is 1. The van der Waals surface area contributed by atoms with Gasteiger partial charge in [-0.15, -0.1) is 0 Å². The number of sulfonamides is 1. The average molecular weight is 542 g/mol. The van der Waals surface area contributed by atoms with Crippen molar-refractivity contribution in [3.63, 3.8) is 0 Å². The van der Waals surface area contributed by atoms with Crippen LogP contribution in [0.5, 0.6) is 0 Å². The van der Waals surface area contributed by atoms with Gasteiger partial charge in [0.25, 0.3) is 10.0 Å². The van der Waals surface area contributed by atoms with Crippen molar-refractivity contribution in [3.8, 4) is 0 Å². The lowest BCUT2D eigenvalue weighted by Crippen LogP contribution is -2.26. The van der Waals surface area contributed by atoms with E-state index in [0.717, 1.165) is 59.9 Å². The second-order valence-corrected chi connectivity index (χ2v) is 12.2. The zero-order valence-corrected chi connectivity index (χ0v) is 22.5. The Morgan fingerprint density at radius 2 is 1.69 bits per heavy atom. The molecule has 1 aliphatic carbocycles. The molecular weight excluding hydrogens is 510 g/mol. The number of benzene rings is 3. The van der Waals surface area contributed by atoms with Crippen molar-refractivity contribution >= 4 is 38.3 Å². The Balaban J connectivity index is 1.07. The lowest BCUT2D eigenvalue weighted by atomic mass is 9.92. The number of piperidine rings is 1. The minimum Gasteiger partial charge on any atom is -0.326 e. The van der Waals surface area contributed by atoms with Crippen molar-refractivity contribution in [3.05, 3.63) is 89.7 Å². The molecule has 39 heavy (non-hydrogen) atoms. The van der Waals surface area contributed by atoms with E-state index in [9.17, 15) is 13.2 Å². The van der Waals surface area contributed by atoms with Crippen LogP contribution in [0.3, 0.4) is 0 Å². The topological polar surface area (TPSA) is 113 Å². The average Bonchev–Trinajstić information content (AvgIpc) is 3.76. The van der Waals surface area contributed by atoms with E-state index in [2.05, 4.69) is 44.4 Å². The van der Waals surface area contributed by atoms with Crippen LogP contribution in [0, 0.1) is 12.8 Å². The molecule has 8 nitrogen and oxygen atoms in total. The molecule has 3 aromatic carbocycles. The van der Waals surface area contributed by atoms with Crippen LogP contribution in [0.1, 0.15) is 47.8 Å². The second-order valence-electron chi connectivity index (χ2n) is 10.5. The van der Waals surface area contributed by atoms with Gasteiger partial charge in [-0.1, -0.05) is 36.4 Å². The summed E-state index contributed by atoms with van der Waals surface area (Å²) >= 11 is 0. The minimum absolute atomic E-state index is 0.0172. The van der Waals surface area contributed by atoms with Gasteiger partial charge >= 0.3 is 0 Å². The first kappa shape index (κ1) is 25.5. The van der Waals surface area contributed by atoms with Crippen LogP contribution in [0.15, 0.2) is 78.0 Å². The fraction of sp³-hybridized carbons (Fsp3) is 0.300. The molecule has 6 rings (SSSR count). The van der Waals surface area contributed by atoms with Gasteiger partial charge in [0.15, 0.2) is 0 Å². The Morgan fingerprint density at radius 3 is 2.44 bits per heavy atom. The Bertz CT molecular complexity index is 1620. The number of aryl methyl sites for hydroxylation is 1. The highest BCUT2D eigenvalue weighted by atomic mass is 32.2. The first-order valence-corrected chi connectivity index (χ1v) is 14.8. The number of carbonyl (C=O) groups excluding carboxylic acids is 1. The highest BCUT2D eigenvalue weighted by Gasteiger charge is 2.44. The Labute approximate surface area is 228 Å². The van der Waals surface area contributed by atoms with Gasteiger partial charge in [0.1, 0.15) is 0 Å². The van der Waals surface area contributed by atoms with Gasteiger partial charge in [0.05, 0.1) is 4.90 Å². The van der Waals surface area contributed by atoms with E-state index in [0.29, 0.717) is 5.92 Å². The van der Waals surface area contributed by atoms with E-state index in [-0.39, 0.29) is 28.6 Å². The summed E-state index contributed by atoms with van der Waals surface area (Å²) < 4.78 is 28.3. The summed E-state index contributed by atoms with van der Waals surface area (Å²) in [4.78, 5) is 21.5. The molecule has 200 valence electrons. The summed E-state index contributed by atoms with van der Waals surface area (Å²) in [5.41, 5.74) is 3.93. The van der Waals surface area contributed by atoms with Crippen LogP contribution in [0.2, 0.25) is 0 Å². The van der Waals surface area contributed by atoms with E-state index in [4.69, 9.17) is 0 Å². The molecule has 2 heterocycles. The van der Waals surface area contributed by atoms with Crippen LogP contribution in [0.4, 0.5) is 11.6 Å². The maximum atomic E-state index is 12.9. The summed E-state index contributed by atoms with van der Waals surface area (Å²) in [5.74, 6) is 0.373. The number of carbonyl (C=O) groups is 1. The van der Waals surface area contributed by atoms with E-state index in [1.165, 1.54) is 5.56 Å². The number of hydrogen-bond donors (Lipinski definition) is 3. The summed E-state index contributed by atoms with van der Waals surface area (Å²) in [6.45, 7) is 3.99. The van der Waals surface area contributed by atoms with E-state index in [1.807, 2.05) is 24.3 Å². The predicted molar refractivity (Wildman–Crippen MR) is 152 cm³/mol. The molecule has 1 aliphatic heterocycles. The monoisotopic (exact) mass is 541 g/mol. The van der Waals surface area contributed by atoms with Crippen molar-refractivity contribution in [2.45, 2.75) is 42.9 Å². The van der Waals surface area contributed by atoms with Gasteiger partial charge in [-0.3, -0.25) is 4.79 Å². The van der Waals surface area contributed by atoms with E-state index >= 15 is 0 Å². The van der Waals surface area contributed by atoms with Crippen molar-refractivity contribution in [1.82, 2.24) is 15.3 Å². The molecule has 1 saturated heterocycles. The molecule has 2 fully saturated rings. The van der Waals surface area contributed by atoms with Gasteiger partial charge in [0, 0.05) is 24.0 Å². The molecule has 1 saturated carbocycles. The third-order valence-corrected chi connectivity index (χ3v) is 9.17. The maximum Gasteiger partial charge on any atom is 0.264 e. The van der Waals surface area contributed by atoms with Crippen molar-refractivity contribution < 1.29 is 13.2 Å². The number of nitrogens with one attached hydrogen (secondary N) is 3. The lowest BCUT2D eigenvalue weighted by Gasteiger charge is -2.22. The molecule has 0 unspecified atom stereocenters. The molecule has 0 spiro atoms. The van der Waals surface area contributed by atoms with Crippen LogP contribution >= 0.6 is 0 Å². The molecule has 0 radical (unpaired) electrons. The Kier molecular flexibility index (Phi) is 6.78. The molecule has 9 heteroatoms. The summed E-state index contributed by atoms with van der Waals surface area (Å²) in [6, 6.07) is 18.8. The smallest absolute Gasteiger partial charge is 0.264 e. The normalized spacial score (nSPS) is 19.5. The van der Waals surface area contributed by atoms with Gasteiger partial charge in [-0.25, -0.2) is 23.1 Å². The largest absolute Gasteiger partial charge is 0.326 e. The number of hydrogen-bond acceptors (Lipinski definition) is 6. The van der Waals surface area contributed by atoms with Crippen LogP contribution in [-0.4, -0.2) is 37.4 Å². The Morgan fingerprint density at radius 1 is 0.949 bits per heavy atom.